The number of amides is 1. The number of aromatic nitrogens is 2. The van der Waals surface area contributed by atoms with E-state index >= 15 is 0 Å². The van der Waals surface area contributed by atoms with Crippen molar-refractivity contribution < 1.29 is 19.6 Å². The molecule has 1 N–H and O–H groups in total. The first kappa shape index (κ1) is 22.5. The lowest BCUT2D eigenvalue weighted by atomic mass is 10.1. The molecular formula is C19H23ClN4O5. The van der Waals surface area contributed by atoms with Crippen molar-refractivity contribution in [2.24, 2.45) is 0 Å². The molecule has 2 aromatic rings. The quantitative estimate of drug-likeness (QED) is 0.535. The first-order valence-corrected chi connectivity index (χ1v) is 9.31. The number of hydrogen-bond donors (Lipinski definition) is 1. The molecule has 0 saturated carbocycles. The molecule has 1 amide bonds. The zero-order valence-electron chi connectivity index (χ0n) is 16.4. The fraction of sp³-hybridized carbons (Fsp3) is 0.421. The zero-order valence-corrected chi connectivity index (χ0v) is 17.2. The van der Waals surface area contributed by atoms with Crippen LogP contribution >= 0.6 is 11.6 Å². The van der Waals surface area contributed by atoms with Gasteiger partial charge in [0.1, 0.15) is 11.7 Å². The number of nitro benzene ring substituents is 1. The van der Waals surface area contributed by atoms with Crippen LogP contribution in [0.4, 0.5) is 10.5 Å². The molecule has 0 aliphatic carbocycles. The minimum atomic E-state index is -1.08. The largest absolute Gasteiger partial charge is 0.444 e. The van der Waals surface area contributed by atoms with Gasteiger partial charge in [0.25, 0.3) is 5.69 Å². The SMILES string of the molecule is CC(C)(C)OC(=O)N(CCc1ccc([N+](=O)[O-])cc1)CC(O)c1ccc(Cl)nn1. The molecule has 0 fully saturated rings. The van der Waals surface area contributed by atoms with Gasteiger partial charge in [-0.15, -0.1) is 5.10 Å². The van der Waals surface area contributed by atoms with Crippen LogP contribution in [-0.4, -0.2) is 49.9 Å². The highest BCUT2D eigenvalue weighted by molar-refractivity contribution is 6.29. The number of carbonyl (C=O) groups excluding carboxylic acids is 1. The van der Waals surface area contributed by atoms with Crippen LogP contribution in [0.3, 0.4) is 0 Å². The van der Waals surface area contributed by atoms with Gasteiger partial charge in [-0.1, -0.05) is 23.7 Å². The molecule has 1 aromatic carbocycles. The molecule has 1 atom stereocenters. The van der Waals surface area contributed by atoms with Gasteiger partial charge in [-0.05, 0) is 44.9 Å². The summed E-state index contributed by atoms with van der Waals surface area (Å²) in [7, 11) is 0. The van der Waals surface area contributed by atoms with Gasteiger partial charge in [0.2, 0.25) is 0 Å². The van der Waals surface area contributed by atoms with Gasteiger partial charge in [-0.3, -0.25) is 10.1 Å². The van der Waals surface area contributed by atoms with Gasteiger partial charge in [0, 0.05) is 18.7 Å². The van der Waals surface area contributed by atoms with Crippen molar-refractivity contribution in [3.63, 3.8) is 0 Å². The number of non-ortho nitro benzene ring substituents is 1. The summed E-state index contributed by atoms with van der Waals surface area (Å²) in [6.07, 6.45) is -1.24. The Labute approximate surface area is 173 Å². The number of nitrogens with zero attached hydrogens (tertiary/aromatic N) is 4. The first-order valence-electron chi connectivity index (χ1n) is 8.93. The van der Waals surface area contributed by atoms with Crippen molar-refractivity contribution in [2.45, 2.75) is 38.9 Å². The lowest BCUT2D eigenvalue weighted by Crippen LogP contribution is -2.40. The van der Waals surface area contributed by atoms with Crippen LogP contribution in [0.25, 0.3) is 0 Å². The Kier molecular flexibility index (Phi) is 7.46. The standard InChI is InChI=1S/C19H23ClN4O5/c1-19(2,3)29-18(26)23(12-16(25)15-8-9-17(20)22-21-15)11-10-13-4-6-14(7-5-13)24(27)28/h4-9,16,25H,10-12H2,1-3H3. The number of nitro groups is 1. The first-order chi connectivity index (χ1) is 13.5. The Morgan fingerprint density at radius 1 is 1.24 bits per heavy atom. The summed E-state index contributed by atoms with van der Waals surface area (Å²) in [5.74, 6) is 0. The number of halogens is 1. The lowest BCUT2D eigenvalue weighted by molar-refractivity contribution is -0.384. The highest BCUT2D eigenvalue weighted by Crippen LogP contribution is 2.17. The van der Waals surface area contributed by atoms with Crippen molar-refractivity contribution in [3.05, 3.63) is 62.9 Å². The third-order valence-electron chi connectivity index (χ3n) is 3.86. The Morgan fingerprint density at radius 2 is 1.90 bits per heavy atom. The minimum absolute atomic E-state index is 0.00511. The molecule has 1 aromatic heterocycles. The van der Waals surface area contributed by atoms with Gasteiger partial charge >= 0.3 is 6.09 Å². The van der Waals surface area contributed by atoms with Gasteiger partial charge < -0.3 is 14.7 Å². The molecule has 10 heteroatoms. The fourth-order valence-corrected chi connectivity index (χ4v) is 2.54. The third kappa shape index (κ3) is 7.28. The van der Waals surface area contributed by atoms with Gasteiger partial charge in [-0.2, -0.15) is 5.10 Å². The number of benzene rings is 1. The smallest absolute Gasteiger partial charge is 0.410 e. The summed E-state index contributed by atoms with van der Waals surface area (Å²) in [6, 6.07) is 9.11. The predicted molar refractivity (Wildman–Crippen MR) is 107 cm³/mol. The molecule has 1 heterocycles. The van der Waals surface area contributed by atoms with Crippen LogP contribution < -0.4 is 0 Å². The van der Waals surface area contributed by atoms with Crippen LogP contribution in [0.15, 0.2) is 36.4 Å². The zero-order chi connectivity index (χ0) is 21.6. The van der Waals surface area contributed by atoms with Gasteiger partial charge in [0.15, 0.2) is 5.15 Å². The van der Waals surface area contributed by atoms with E-state index in [9.17, 15) is 20.0 Å². The van der Waals surface area contributed by atoms with E-state index in [4.69, 9.17) is 16.3 Å². The number of carbonyl (C=O) groups is 1. The lowest BCUT2D eigenvalue weighted by Gasteiger charge is -2.28. The maximum absolute atomic E-state index is 12.6. The monoisotopic (exact) mass is 422 g/mol. The van der Waals surface area contributed by atoms with E-state index in [2.05, 4.69) is 10.2 Å². The van der Waals surface area contributed by atoms with Crippen molar-refractivity contribution >= 4 is 23.4 Å². The summed E-state index contributed by atoms with van der Waals surface area (Å²) in [4.78, 5) is 24.3. The van der Waals surface area contributed by atoms with Crippen molar-refractivity contribution in [2.75, 3.05) is 13.1 Å². The van der Waals surface area contributed by atoms with E-state index in [1.807, 2.05) is 0 Å². The van der Waals surface area contributed by atoms with E-state index in [1.165, 1.54) is 29.2 Å². The normalized spacial score (nSPS) is 12.3. The van der Waals surface area contributed by atoms with E-state index < -0.39 is 22.7 Å². The highest BCUT2D eigenvalue weighted by atomic mass is 35.5. The van der Waals surface area contributed by atoms with Crippen molar-refractivity contribution in [3.8, 4) is 0 Å². The summed E-state index contributed by atoms with van der Waals surface area (Å²) in [5.41, 5.74) is 0.381. The molecule has 156 valence electrons. The second-order valence-electron chi connectivity index (χ2n) is 7.40. The predicted octanol–water partition coefficient (Wildman–Crippen LogP) is 3.55. The number of ether oxygens (including phenoxy) is 1. The number of rotatable bonds is 7. The molecule has 0 radical (unpaired) electrons. The molecule has 0 aliphatic rings. The van der Waals surface area contributed by atoms with Gasteiger partial charge in [0.05, 0.1) is 17.2 Å². The summed E-state index contributed by atoms with van der Waals surface area (Å²) >= 11 is 5.71. The summed E-state index contributed by atoms with van der Waals surface area (Å²) in [6.45, 7) is 5.44. The Balaban J connectivity index is 2.10. The molecule has 0 bridgehead atoms. The maximum Gasteiger partial charge on any atom is 0.410 e. The summed E-state index contributed by atoms with van der Waals surface area (Å²) < 4.78 is 5.42. The molecular weight excluding hydrogens is 400 g/mol. The van der Waals surface area contributed by atoms with Crippen LogP contribution in [0.2, 0.25) is 5.15 Å². The number of hydrogen-bond acceptors (Lipinski definition) is 7. The second-order valence-corrected chi connectivity index (χ2v) is 7.78. The highest BCUT2D eigenvalue weighted by Gasteiger charge is 2.25. The van der Waals surface area contributed by atoms with Crippen molar-refractivity contribution in [1.29, 1.82) is 0 Å². The van der Waals surface area contributed by atoms with Crippen LogP contribution in [-0.2, 0) is 11.2 Å². The maximum atomic E-state index is 12.6. The van der Waals surface area contributed by atoms with Crippen LogP contribution in [0, 0.1) is 10.1 Å². The van der Waals surface area contributed by atoms with E-state index in [-0.39, 0.29) is 29.6 Å². The Morgan fingerprint density at radius 3 is 2.41 bits per heavy atom. The Bertz CT molecular complexity index is 837. The van der Waals surface area contributed by atoms with E-state index in [0.717, 1.165) is 5.56 Å². The molecule has 0 spiro atoms. The molecule has 0 aliphatic heterocycles. The molecule has 2 rings (SSSR count). The fourth-order valence-electron chi connectivity index (χ4n) is 2.44. The van der Waals surface area contributed by atoms with E-state index in [1.54, 1.807) is 32.9 Å². The molecule has 9 nitrogen and oxygen atoms in total. The van der Waals surface area contributed by atoms with Crippen LogP contribution in [0.5, 0.6) is 0 Å². The number of aliphatic hydroxyl groups excluding tert-OH is 1. The molecule has 1 unspecified atom stereocenters. The Hall–Kier alpha value is -2.78. The molecule has 0 saturated heterocycles. The van der Waals surface area contributed by atoms with Crippen molar-refractivity contribution in [1.82, 2.24) is 15.1 Å². The summed E-state index contributed by atoms with van der Waals surface area (Å²) in [5, 5.41) is 28.9. The van der Waals surface area contributed by atoms with Crippen LogP contribution in [0.1, 0.15) is 38.1 Å². The van der Waals surface area contributed by atoms with Gasteiger partial charge in [-0.25, -0.2) is 4.79 Å². The van der Waals surface area contributed by atoms with E-state index in [0.29, 0.717) is 6.42 Å². The number of aliphatic hydroxyl groups is 1. The topological polar surface area (TPSA) is 119 Å². The average Bonchev–Trinajstić information content (AvgIpc) is 2.64. The minimum Gasteiger partial charge on any atom is -0.444 e. The average molecular weight is 423 g/mol. The second kappa shape index (κ2) is 9.62. The third-order valence-corrected chi connectivity index (χ3v) is 4.06. The molecule has 29 heavy (non-hydrogen) atoms.